The molecule has 0 N–H and O–H groups in total. The summed E-state index contributed by atoms with van der Waals surface area (Å²) in [4.78, 5) is 16.0. The molecule has 0 radical (unpaired) electrons. The highest BCUT2D eigenvalue weighted by atomic mass is 16.2. The number of piperidine rings is 1. The van der Waals surface area contributed by atoms with Gasteiger partial charge in [-0.2, -0.15) is 5.26 Å². The van der Waals surface area contributed by atoms with E-state index in [2.05, 4.69) is 31.7 Å². The Morgan fingerprint density at radius 3 is 2.72 bits per heavy atom. The van der Waals surface area contributed by atoms with E-state index in [-0.39, 0.29) is 5.91 Å². The minimum atomic E-state index is 0.124. The lowest BCUT2D eigenvalue weighted by atomic mass is 9.86. The van der Waals surface area contributed by atoms with Gasteiger partial charge < -0.3 is 4.90 Å². The van der Waals surface area contributed by atoms with Gasteiger partial charge in [-0.15, -0.1) is 0 Å². The van der Waals surface area contributed by atoms with Crippen LogP contribution in [0.2, 0.25) is 0 Å². The SMILES string of the molecule is CC1CC(C)C(C)N(CC(=O)N(C)CCC#N)C1. The van der Waals surface area contributed by atoms with Crippen LogP contribution in [0.25, 0.3) is 0 Å². The summed E-state index contributed by atoms with van der Waals surface area (Å²) in [7, 11) is 1.78. The molecule has 1 saturated heterocycles. The molecule has 1 rings (SSSR count). The Bertz CT molecular complexity index is 323. The molecule has 1 amide bonds. The van der Waals surface area contributed by atoms with Gasteiger partial charge >= 0.3 is 0 Å². The van der Waals surface area contributed by atoms with Crippen LogP contribution in [0.5, 0.6) is 0 Å². The quantitative estimate of drug-likeness (QED) is 0.764. The second-order valence-electron chi connectivity index (χ2n) is 5.71. The zero-order valence-corrected chi connectivity index (χ0v) is 12.0. The Morgan fingerprint density at radius 2 is 2.11 bits per heavy atom. The summed E-state index contributed by atoms with van der Waals surface area (Å²) in [5.74, 6) is 1.43. The number of carbonyl (C=O) groups excluding carboxylic acids is 1. The van der Waals surface area contributed by atoms with Crippen molar-refractivity contribution in [1.29, 1.82) is 5.26 Å². The molecule has 1 aliphatic rings. The predicted molar refractivity (Wildman–Crippen MR) is 71.8 cm³/mol. The minimum Gasteiger partial charge on any atom is -0.344 e. The van der Waals surface area contributed by atoms with E-state index < -0.39 is 0 Å². The van der Waals surface area contributed by atoms with E-state index in [0.717, 1.165) is 6.54 Å². The molecule has 4 heteroatoms. The van der Waals surface area contributed by atoms with Crippen LogP contribution in [-0.2, 0) is 4.79 Å². The molecule has 0 aromatic heterocycles. The normalized spacial score (nSPS) is 28.7. The summed E-state index contributed by atoms with van der Waals surface area (Å²) < 4.78 is 0. The van der Waals surface area contributed by atoms with E-state index in [1.54, 1.807) is 11.9 Å². The molecule has 4 nitrogen and oxygen atoms in total. The summed E-state index contributed by atoms with van der Waals surface area (Å²) in [5, 5.41) is 8.53. The number of hydrogen-bond donors (Lipinski definition) is 0. The van der Waals surface area contributed by atoms with E-state index >= 15 is 0 Å². The third-order valence-corrected chi connectivity index (χ3v) is 4.04. The fourth-order valence-electron chi connectivity index (χ4n) is 2.68. The first-order valence-corrected chi connectivity index (χ1v) is 6.80. The first kappa shape index (κ1) is 15.0. The van der Waals surface area contributed by atoms with E-state index in [9.17, 15) is 4.79 Å². The number of amides is 1. The number of hydrogen-bond acceptors (Lipinski definition) is 3. The van der Waals surface area contributed by atoms with Gasteiger partial charge in [-0.3, -0.25) is 9.69 Å². The zero-order valence-electron chi connectivity index (χ0n) is 12.0. The fraction of sp³-hybridized carbons (Fsp3) is 0.857. The first-order chi connectivity index (χ1) is 8.45. The van der Waals surface area contributed by atoms with Crippen molar-refractivity contribution in [3.8, 4) is 6.07 Å². The monoisotopic (exact) mass is 251 g/mol. The van der Waals surface area contributed by atoms with Gasteiger partial charge in [-0.1, -0.05) is 13.8 Å². The smallest absolute Gasteiger partial charge is 0.236 e. The molecule has 3 unspecified atom stereocenters. The van der Waals surface area contributed by atoms with Crippen molar-refractivity contribution in [3.63, 3.8) is 0 Å². The van der Waals surface area contributed by atoms with Crippen LogP contribution in [0.4, 0.5) is 0 Å². The molecule has 102 valence electrons. The van der Waals surface area contributed by atoms with Gasteiger partial charge in [0, 0.05) is 26.2 Å². The number of likely N-dealkylation sites (tertiary alicyclic amines) is 1. The molecule has 0 bridgehead atoms. The maximum absolute atomic E-state index is 12.1. The van der Waals surface area contributed by atoms with Gasteiger partial charge in [-0.05, 0) is 25.2 Å². The summed E-state index contributed by atoms with van der Waals surface area (Å²) in [5.41, 5.74) is 0. The largest absolute Gasteiger partial charge is 0.344 e. The standard InChI is InChI=1S/C14H25N3O/c1-11-8-12(2)13(3)17(9-11)10-14(18)16(4)7-5-6-15/h11-13H,5,7-10H2,1-4H3. The average Bonchev–Trinajstić information content (AvgIpc) is 2.32. The molecular formula is C14H25N3O. The maximum atomic E-state index is 12.1. The highest BCUT2D eigenvalue weighted by molar-refractivity contribution is 5.78. The summed E-state index contributed by atoms with van der Waals surface area (Å²) in [6, 6.07) is 2.54. The van der Waals surface area contributed by atoms with Crippen LogP contribution in [0.3, 0.4) is 0 Å². The molecule has 1 aliphatic heterocycles. The number of nitrogens with zero attached hydrogens (tertiary/aromatic N) is 3. The lowest BCUT2D eigenvalue weighted by Gasteiger charge is -2.41. The summed E-state index contributed by atoms with van der Waals surface area (Å²) in [6.07, 6.45) is 1.65. The van der Waals surface area contributed by atoms with Crippen LogP contribution in [-0.4, -0.2) is 48.4 Å². The van der Waals surface area contributed by atoms with Crippen molar-refractivity contribution in [2.45, 2.75) is 39.7 Å². The lowest BCUT2D eigenvalue weighted by molar-refractivity contribution is -0.132. The van der Waals surface area contributed by atoms with Crippen molar-refractivity contribution in [2.75, 3.05) is 26.7 Å². The van der Waals surface area contributed by atoms with Gasteiger partial charge in [-0.25, -0.2) is 0 Å². The van der Waals surface area contributed by atoms with Crippen molar-refractivity contribution < 1.29 is 4.79 Å². The summed E-state index contributed by atoms with van der Waals surface area (Å²) in [6.45, 7) is 8.74. The Hall–Kier alpha value is -1.08. The highest BCUT2D eigenvalue weighted by Gasteiger charge is 2.30. The van der Waals surface area contributed by atoms with Crippen molar-refractivity contribution in [1.82, 2.24) is 9.80 Å². The predicted octanol–water partition coefficient (Wildman–Crippen LogP) is 1.72. The molecule has 0 aromatic rings. The molecule has 1 fully saturated rings. The molecule has 0 saturated carbocycles. The number of nitriles is 1. The highest BCUT2D eigenvalue weighted by Crippen LogP contribution is 2.26. The van der Waals surface area contributed by atoms with Crippen LogP contribution in [0, 0.1) is 23.2 Å². The Kier molecular flexibility index (Phi) is 5.61. The van der Waals surface area contributed by atoms with E-state index in [1.165, 1.54) is 6.42 Å². The van der Waals surface area contributed by atoms with E-state index in [1.807, 2.05) is 0 Å². The van der Waals surface area contributed by atoms with E-state index in [0.29, 0.717) is 37.4 Å². The zero-order chi connectivity index (χ0) is 13.7. The third-order valence-electron chi connectivity index (χ3n) is 4.04. The van der Waals surface area contributed by atoms with Crippen molar-refractivity contribution >= 4 is 5.91 Å². The fourth-order valence-corrected chi connectivity index (χ4v) is 2.68. The molecule has 1 heterocycles. The van der Waals surface area contributed by atoms with Crippen LogP contribution >= 0.6 is 0 Å². The van der Waals surface area contributed by atoms with Crippen LogP contribution in [0.1, 0.15) is 33.6 Å². The molecule has 0 spiro atoms. The number of likely N-dealkylation sites (N-methyl/N-ethyl adjacent to an activating group) is 1. The van der Waals surface area contributed by atoms with Gasteiger partial charge in [0.2, 0.25) is 5.91 Å². The van der Waals surface area contributed by atoms with Crippen LogP contribution < -0.4 is 0 Å². The minimum absolute atomic E-state index is 0.124. The van der Waals surface area contributed by atoms with Crippen LogP contribution in [0.15, 0.2) is 0 Å². The summed E-state index contributed by atoms with van der Waals surface area (Å²) >= 11 is 0. The molecule has 0 aliphatic carbocycles. The third kappa shape index (κ3) is 3.99. The molecule has 18 heavy (non-hydrogen) atoms. The first-order valence-electron chi connectivity index (χ1n) is 6.80. The van der Waals surface area contributed by atoms with Gasteiger partial charge in [0.15, 0.2) is 0 Å². The second kappa shape index (κ2) is 6.75. The average molecular weight is 251 g/mol. The number of rotatable bonds is 4. The molecular weight excluding hydrogens is 226 g/mol. The van der Waals surface area contributed by atoms with Gasteiger partial charge in [0.1, 0.15) is 0 Å². The van der Waals surface area contributed by atoms with E-state index in [4.69, 9.17) is 5.26 Å². The lowest BCUT2D eigenvalue weighted by Crippen LogP contribution is -2.50. The van der Waals surface area contributed by atoms with Crippen molar-refractivity contribution in [2.24, 2.45) is 11.8 Å². The Morgan fingerprint density at radius 1 is 1.44 bits per heavy atom. The second-order valence-corrected chi connectivity index (χ2v) is 5.71. The van der Waals surface area contributed by atoms with Gasteiger partial charge in [0.25, 0.3) is 0 Å². The maximum Gasteiger partial charge on any atom is 0.236 e. The number of carbonyl (C=O) groups is 1. The Labute approximate surface area is 111 Å². The molecule has 0 aromatic carbocycles. The van der Waals surface area contributed by atoms with Gasteiger partial charge in [0.05, 0.1) is 19.0 Å². The molecule has 3 atom stereocenters. The topological polar surface area (TPSA) is 47.3 Å². The Balaban J connectivity index is 2.50. The van der Waals surface area contributed by atoms with Crippen molar-refractivity contribution in [3.05, 3.63) is 0 Å².